The zero-order chi connectivity index (χ0) is 25.2. The van der Waals surface area contributed by atoms with Crippen LogP contribution in [0.5, 0.6) is 11.5 Å². The summed E-state index contributed by atoms with van der Waals surface area (Å²) < 4.78 is 17.1. The maximum absolute atomic E-state index is 12.9. The predicted octanol–water partition coefficient (Wildman–Crippen LogP) is 2.19. The summed E-state index contributed by atoms with van der Waals surface area (Å²) in [6.07, 6.45) is 8.71. The first-order valence-corrected chi connectivity index (χ1v) is 12.5. The van der Waals surface area contributed by atoms with Crippen molar-refractivity contribution in [3.05, 3.63) is 48.1 Å². The van der Waals surface area contributed by atoms with Gasteiger partial charge in [0.15, 0.2) is 18.1 Å². The molecule has 36 heavy (non-hydrogen) atoms. The summed E-state index contributed by atoms with van der Waals surface area (Å²) in [7, 11) is 0. The number of hydrogen-bond acceptors (Lipinski definition) is 7. The van der Waals surface area contributed by atoms with E-state index < -0.39 is 0 Å². The van der Waals surface area contributed by atoms with Gasteiger partial charge in [0.1, 0.15) is 0 Å². The highest BCUT2D eigenvalue weighted by Crippen LogP contribution is 2.52. The normalized spacial score (nSPS) is 26.7. The van der Waals surface area contributed by atoms with Gasteiger partial charge < -0.3 is 19.1 Å². The van der Waals surface area contributed by atoms with Gasteiger partial charge in [-0.15, -0.1) is 6.58 Å². The van der Waals surface area contributed by atoms with Crippen molar-refractivity contribution in [2.75, 3.05) is 39.5 Å². The smallest absolute Gasteiger partial charge is 0.260 e. The third kappa shape index (κ3) is 4.43. The minimum atomic E-state index is -0.292. The number of hydrazone groups is 1. The first-order valence-electron chi connectivity index (χ1n) is 12.5. The van der Waals surface area contributed by atoms with Crippen LogP contribution in [-0.2, 0) is 25.5 Å². The van der Waals surface area contributed by atoms with Crippen molar-refractivity contribution in [2.45, 2.75) is 19.8 Å². The van der Waals surface area contributed by atoms with Gasteiger partial charge in [0.05, 0.1) is 37.9 Å². The molecule has 5 rings (SSSR count). The number of benzene rings is 1. The van der Waals surface area contributed by atoms with Crippen molar-refractivity contribution < 1.29 is 28.6 Å². The fourth-order valence-electron chi connectivity index (χ4n) is 5.65. The molecule has 2 heterocycles. The minimum Gasteiger partial charge on any atom is -0.490 e. The number of carbonyl (C=O) groups is 3. The van der Waals surface area contributed by atoms with Gasteiger partial charge in [-0.1, -0.05) is 18.2 Å². The zero-order valence-corrected chi connectivity index (χ0v) is 20.4. The number of nitrogens with zero attached hydrogens (tertiary/aromatic N) is 3. The van der Waals surface area contributed by atoms with E-state index in [1.165, 1.54) is 6.21 Å². The summed E-state index contributed by atoms with van der Waals surface area (Å²) in [6.45, 7) is 8.10. The van der Waals surface area contributed by atoms with Gasteiger partial charge in [-0.3, -0.25) is 14.4 Å². The molecule has 1 aromatic rings. The van der Waals surface area contributed by atoms with E-state index in [0.717, 1.165) is 17.0 Å². The van der Waals surface area contributed by atoms with Gasteiger partial charge in [0, 0.05) is 18.7 Å². The molecule has 3 amide bonds. The molecule has 2 aliphatic heterocycles. The number of fused-ring (bicyclic) bond motifs is 5. The lowest BCUT2D eigenvalue weighted by Gasteiger charge is -2.27. The van der Waals surface area contributed by atoms with Gasteiger partial charge in [-0.25, -0.2) is 0 Å². The Balaban J connectivity index is 1.35. The molecule has 2 saturated heterocycles. The largest absolute Gasteiger partial charge is 0.490 e. The number of hydrogen-bond donors (Lipinski definition) is 0. The molecule has 2 aliphatic carbocycles. The standard InChI is InChI=1S/C27H31N3O6/c1-3-5-20-12-17(15-28-30-26(32)23-18-6-7-19(14-18)24(23)27(30)33)13-21(35-4-2)25(20)36-16-22(31)29-8-10-34-11-9-29/h3,6-7,12-13,15,18-19,23-24H,1,4-5,8-11,14,16H2,2H3/t18-,19-,23-,24+/m0/s1. The minimum absolute atomic E-state index is 0.115. The molecule has 0 radical (unpaired) electrons. The number of rotatable bonds is 9. The van der Waals surface area contributed by atoms with Crippen LogP contribution in [0.3, 0.4) is 0 Å². The Hall–Kier alpha value is -3.46. The molecule has 9 heteroatoms. The van der Waals surface area contributed by atoms with Crippen LogP contribution < -0.4 is 9.47 Å². The van der Waals surface area contributed by atoms with E-state index in [-0.39, 0.29) is 48.0 Å². The summed E-state index contributed by atoms with van der Waals surface area (Å²) in [5.74, 6) is 0.0591. The number of ether oxygens (including phenoxy) is 3. The molecular formula is C27H31N3O6. The van der Waals surface area contributed by atoms with Crippen molar-refractivity contribution in [3.63, 3.8) is 0 Å². The summed E-state index contributed by atoms with van der Waals surface area (Å²) in [4.78, 5) is 40.2. The number of imide groups is 1. The molecule has 3 fully saturated rings. The van der Waals surface area contributed by atoms with Crippen molar-refractivity contribution in [1.29, 1.82) is 0 Å². The number of morpholine rings is 1. The Bertz CT molecular complexity index is 1090. The Morgan fingerprint density at radius 2 is 1.83 bits per heavy atom. The summed E-state index contributed by atoms with van der Waals surface area (Å²) in [5.41, 5.74) is 1.42. The maximum atomic E-state index is 12.9. The Morgan fingerprint density at radius 1 is 1.14 bits per heavy atom. The van der Waals surface area contributed by atoms with Crippen LogP contribution in [0.2, 0.25) is 0 Å². The second kappa shape index (κ2) is 10.3. The number of allylic oxidation sites excluding steroid dienone is 3. The second-order valence-electron chi connectivity index (χ2n) is 9.45. The van der Waals surface area contributed by atoms with Gasteiger partial charge in [-0.2, -0.15) is 10.1 Å². The van der Waals surface area contributed by atoms with Crippen molar-refractivity contribution in [3.8, 4) is 11.5 Å². The average Bonchev–Trinajstić information content (AvgIpc) is 3.57. The first-order chi connectivity index (χ1) is 17.5. The van der Waals surface area contributed by atoms with Crippen LogP contribution in [0.4, 0.5) is 0 Å². The van der Waals surface area contributed by atoms with E-state index in [9.17, 15) is 14.4 Å². The van der Waals surface area contributed by atoms with Crippen LogP contribution in [0.1, 0.15) is 24.5 Å². The van der Waals surface area contributed by atoms with E-state index in [1.807, 2.05) is 13.0 Å². The quantitative estimate of drug-likeness (QED) is 0.297. The molecule has 0 aromatic heterocycles. The monoisotopic (exact) mass is 493 g/mol. The van der Waals surface area contributed by atoms with Crippen LogP contribution in [0, 0.1) is 23.7 Å². The second-order valence-corrected chi connectivity index (χ2v) is 9.45. The highest BCUT2D eigenvalue weighted by molar-refractivity contribution is 6.06. The topological polar surface area (TPSA) is 97.7 Å². The van der Waals surface area contributed by atoms with Crippen LogP contribution in [-0.4, -0.2) is 73.4 Å². The van der Waals surface area contributed by atoms with Crippen molar-refractivity contribution in [2.24, 2.45) is 28.8 Å². The van der Waals surface area contributed by atoms with Crippen molar-refractivity contribution in [1.82, 2.24) is 9.91 Å². The Morgan fingerprint density at radius 3 is 2.47 bits per heavy atom. The van der Waals surface area contributed by atoms with Gasteiger partial charge >= 0.3 is 0 Å². The molecule has 4 aliphatic rings. The molecule has 0 spiro atoms. The lowest BCUT2D eigenvalue weighted by Crippen LogP contribution is -2.43. The third-order valence-corrected chi connectivity index (χ3v) is 7.29. The molecule has 2 bridgehead atoms. The van der Waals surface area contributed by atoms with E-state index in [0.29, 0.717) is 56.4 Å². The van der Waals surface area contributed by atoms with E-state index >= 15 is 0 Å². The molecule has 1 saturated carbocycles. The average molecular weight is 494 g/mol. The van der Waals surface area contributed by atoms with Gasteiger partial charge in [0.25, 0.3) is 17.7 Å². The predicted molar refractivity (Wildman–Crippen MR) is 132 cm³/mol. The molecule has 1 aromatic carbocycles. The number of carbonyl (C=O) groups excluding carboxylic acids is 3. The Kier molecular flexibility index (Phi) is 6.91. The molecule has 0 unspecified atom stereocenters. The first kappa shape index (κ1) is 24.2. The maximum Gasteiger partial charge on any atom is 0.260 e. The van der Waals surface area contributed by atoms with E-state index in [1.54, 1.807) is 17.0 Å². The highest BCUT2D eigenvalue weighted by atomic mass is 16.5. The molecule has 4 atom stereocenters. The molecule has 9 nitrogen and oxygen atoms in total. The lowest BCUT2D eigenvalue weighted by atomic mass is 9.85. The molecular weight excluding hydrogens is 462 g/mol. The summed E-state index contributed by atoms with van der Waals surface area (Å²) in [6, 6.07) is 3.59. The zero-order valence-electron chi connectivity index (χ0n) is 20.4. The van der Waals surface area contributed by atoms with Crippen LogP contribution >= 0.6 is 0 Å². The number of amides is 3. The van der Waals surface area contributed by atoms with Crippen LogP contribution in [0.15, 0.2) is 42.0 Å². The lowest BCUT2D eigenvalue weighted by molar-refractivity contribution is -0.140. The third-order valence-electron chi connectivity index (χ3n) is 7.29. The fraction of sp³-hybridized carbons (Fsp3) is 0.481. The van der Waals surface area contributed by atoms with Crippen LogP contribution in [0.25, 0.3) is 0 Å². The molecule has 190 valence electrons. The SMILES string of the molecule is C=CCc1cc(C=NN2C(=O)[C@@H]3[C@H](C2=O)[C@H]2C=C[C@H]3C2)cc(OCC)c1OCC(=O)N1CCOCC1. The van der Waals surface area contributed by atoms with Gasteiger partial charge in [-0.05, 0) is 49.3 Å². The molecule has 0 N–H and O–H groups in total. The highest BCUT2D eigenvalue weighted by Gasteiger charge is 2.59. The fourth-order valence-corrected chi connectivity index (χ4v) is 5.65. The van der Waals surface area contributed by atoms with Gasteiger partial charge in [0.2, 0.25) is 0 Å². The summed E-state index contributed by atoms with van der Waals surface area (Å²) >= 11 is 0. The van der Waals surface area contributed by atoms with Crippen molar-refractivity contribution >= 4 is 23.9 Å². The van der Waals surface area contributed by atoms with E-state index in [4.69, 9.17) is 14.2 Å². The summed E-state index contributed by atoms with van der Waals surface area (Å²) in [5, 5.41) is 5.32. The Labute approximate surface area is 210 Å². The van der Waals surface area contributed by atoms with E-state index in [2.05, 4.69) is 23.8 Å².